The molecule has 0 aliphatic carbocycles. The fourth-order valence-corrected chi connectivity index (χ4v) is 3.35. The van der Waals surface area contributed by atoms with Crippen LogP contribution in [0.2, 0.25) is 5.02 Å². The summed E-state index contributed by atoms with van der Waals surface area (Å²) in [5.41, 5.74) is 0.993. The van der Waals surface area contributed by atoms with Gasteiger partial charge in [0.25, 0.3) is 0 Å². The first-order valence-electron chi connectivity index (χ1n) is 6.41. The van der Waals surface area contributed by atoms with Gasteiger partial charge in [0.05, 0.1) is 6.10 Å². The molecule has 0 unspecified atom stereocenters. The van der Waals surface area contributed by atoms with E-state index >= 15 is 0 Å². The fourth-order valence-electron chi connectivity index (χ4n) is 3.22. The second-order valence-electron chi connectivity index (χ2n) is 5.28. The van der Waals surface area contributed by atoms with E-state index in [4.69, 9.17) is 11.6 Å². The third kappa shape index (κ3) is 2.22. The van der Waals surface area contributed by atoms with Crippen LogP contribution in [0.25, 0.3) is 0 Å². The van der Waals surface area contributed by atoms with Gasteiger partial charge >= 0.3 is 0 Å². The zero-order valence-corrected chi connectivity index (χ0v) is 10.6. The first kappa shape index (κ1) is 11.5. The zero-order chi connectivity index (χ0) is 11.8. The number of fused-ring (bicyclic) bond motifs is 3. The van der Waals surface area contributed by atoms with Crippen LogP contribution in [-0.2, 0) is 0 Å². The van der Waals surface area contributed by atoms with Crippen molar-refractivity contribution < 1.29 is 5.11 Å². The lowest BCUT2D eigenvalue weighted by Gasteiger charge is -2.47. The van der Waals surface area contributed by atoms with Gasteiger partial charge in [-0.15, -0.1) is 0 Å². The van der Waals surface area contributed by atoms with Gasteiger partial charge in [-0.3, -0.25) is 4.90 Å². The molecule has 1 N–H and O–H groups in total. The summed E-state index contributed by atoms with van der Waals surface area (Å²) >= 11 is 5.87. The predicted molar refractivity (Wildman–Crippen MR) is 69.1 cm³/mol. The largest absolute Gasteiger partial charge is 0.387 e. The number of hydrogen-bond donors (Lipinski definition) is 1. The number of piperidine rings is 3. The first-order chi connectivity index (χ1) is 8.24. The van der Waals surface area contributed by atoms with E-state index in [9.17, 15) is 5.11 Å². The molecule has 3 aliphatic heterocycles. The number of halogens is 1. The maximum Gasteiger partial charge on any atom is 0.0945 e. The van der Waals surface area contributed by atoms with Gasteiger partial charge in [0, 0.05) is 11.1 Å². The van der Waals surface area contributed by atoms with Crippen LogP contribution in [0.5, 0.6) is 0 Å². The van der Waals surface area contributed by atoms with Crippen LogP contribution in [-0.4, -0.2) is 29.1 Å². The molecule has 2 bridgehead atoms. The van der Waals surface area contributed by atoms with Crippen LogP contribution in [0.15, 0.2) is 24.3 Å². The molecule has 3 heterocycles. The highest BCUT2D eigenvalue weighted by atomic mass is 35.5. The quantitative estimate of drug-likeness (QED) is 0.874. The van der Waals surface area contributed by atoms with Crippen molar-refractivity contribution >= 4 is 11.6 Å². The minimum absolute atomic E-state index is 0.309. The molecule has 0 aromatic heterocycles. The van der Waals surface area contributed by atoms with E-state index in [1.165, 1.54) is 12.8 Å². The summed E-state index contributed by atoms with van der Waals surface area (Å²) in [4.78, 5) is 2.44. The summed E-state index contributed by atoms with van der Waals surface area (Å²) in [5.74, 6) is 0.826. The van der Waals surface area contributed by atoms with Crippen LogP contribution < -0.4 is 0 Å². The molecule has 1 aromatic rings. The smallest absolute Gasteiger partial charge is 0.0945 e. The van der Waals surface area contributed by atoms with Crippen molar-refractivity contribution in [3.63, 3.8) is 0 Å². The third-order valence-corrected chi connectivity index (χ3v) is 4.52. The van der Waals surface area contributed by atoms with Crippen LogP contribution >= 0.6 is 11.6 Å². The van der Waals surface area contributed by atoms with Crippen LogP contribution in [0.1, 0.15) is 30.9 Å². The summed E-state index contributed by atoms with van der Waals surface area (Å²) in [6.45, 7) is 2.31. The van der Waals surface area contributed by atoms with Crippen LogP contribution in [0.4, 0.5) is 0 Å². The Hall–Kier alpha value is -0.570. The highest BCUT2D eigenvalue weighted by Gasteiger charge is 2.37. The van der Waals surface area contributed by atoms with Gasteiger partial charge < -0.3 is 5.11 Å². The molecular formula is C14H18ClNO. The minimum Gasteiger partial charge on any atom is -0.387 e. The second-order valence-corrected chi connectivity index (χ2v) is 5.72. The predicted octanol–water partition coefficient (Wildman–Crippen LogP) is 2.86. The molecule has 1 aromatic carbocycles. The van der Waals surface area contributed by atoms with E-state index in [2.05, 4.69) is 4.90 Å². The molecule has 92 valence electrons. The summed E-state index contributed by atoms with van der Waals surface area (Å²) in [6.07, 6.45) is 3.40. The number of aliphatic hydroxyl groups is 1. The van der Waals surface area contributed by atoms with Crippen molar-refractivity contribution in [3.8, 4) is 0 Å². The van der Waals surface area contributed by atoms with E-state index in [0.717, 1.165) is 36.0 Å². The number of aliphatic hydroxyl groups excluding tert-OH is 1. The summed E-state index contributed by atoms with van der Waals surface area (Å²) in [6, 6.07) is 7.91. The van der Waals surface area contributed by atoms with E-state index in [-0.39, 0.29) is 6.10 Å². The van der Waals surface area contributed by atoms with E-state index < -0.39 is 0 Å². The number of nitrogens with zero attached hydrogens (tertiary/aromatic N) is 1. The minimum atomic E-state index is -0.365. The molecule has 4 rings (SSSR count). The summed E-state index contributed by atoms with van der Waals surface area (Å²) in [7, 11) is 0. The Balaban J connectivity index is 1.77. The zero-order valence-electron chi connectivity index (χ0n) is 9.85. The molecule has 2 nitrogen and oxygen atoms in total. The lowest BCUT2D eigenvalue weighted by atomic mass is 9.80. The van der Waals surface area contributed by atoms with Crippen molar-refractivity contribution in [1.82, 2.24) is 4.90 Å². The summed E-state index contributed by atoms with van der Waals surface area (Å²) in [5, 5.41) is 11.2. The lowest BCUT2D eigenvalue weighted by Crippen LogP contribution is -2.51. The molecule has 3 heteroatoms. The van der Waals surface area contributed by atoms with Gasteiger partial charge in [0.2, 0.25) is 0 Å². The highest BCUT2D eigenvalue weighted by molar-refractivity contribution is 6.30. The van der Waals surface area contributed by atoms with Crippen molar-refractivity contribution in [3.05, 3.63) is 34.9 Å². The van der Waals surface area contributed by atoms with Crippen molar-refractivity contribution in [2.24, 2.45) is 5.92 Å². The van der Waals surface area contributed by atoms with Crippen LogP contribution in [0.3, 0.4) is 0 Å². The topological polar surface area (TPSA) is 23.5 Å². The Labute approximate surface area is 107 Å². The average molecular weight is 252 g/mol. The standard InChI is InChI=1S/C14H18ClNO/c15-12-3-1-11(2-4-12)14(17)13-9-10-5-7-16(13)8-6-10/h1-4,10,13-14,17H,5-9H2/t13-,14+/m0/s1. The van der Waals surface area contributed by atoms with Gasteiger partial charge in [-0.1, -0.05) is 23.7 Å². The maximum absolute atomic E-state index is 10.5. The molecule has 17 heavy (non-hydrogen) atoms. The second kappa shape index (κ2) is 4.60. The Morgan fingerprint density at radius 1 is 1.18 bits per heavy atom. The van der Waals surface area contributed by atoms with Gasteiger partial charge in [0.1, 0.15) is 0 Å². The van der Waals surface area contributed by atoms with Gasteiger partial charge in [-0.25, -0.2) is 0 Å². The van der Waals surface area contributed by atoms with Gasteiger partial charge in [-0.2, -0.15) is 0 Å². The normalized spacial score (nSPS) is 33.6. The number of rotatable bonds is 2. The average Bonchev–Trinajstić information content (AvgIpc) is 2.40. The monoisotopic (exact) mass is 251 g/mol. The first-order valence-corrected chi connectivity index (χ1v) is 6.79. The molecular weight excluding hydrogens is 234 g/mol. The fraction of sp³-hybridized carbons (Fsp3) is 0.571. The molecule has 3 fully saturated rings. The van der Waals surface area contributed by atoms with Crippen molar-refractivity contribution in [2.75, 3.05) is 13.1 Å². The van der Waals surface area contributed by atoms with Crippen molar-refractivity contribution in [2.45, 2.75) is 31.4 Å². The Morgan fingerprint density at radius 2 is 1.82 bits per heavy atom. The van der Waals surface area contributed by atoms with Crippen molar-refractivity contribution in [1.29, 1.82) is 0 Å². The van der Waals surface area contributed by atoms with E-state index in [1.54, 1.807) is 0 Å². The maximum atomic E-state index is 10.5. The summed E-state index contributed by atoms with van der Waals surface area (Å²) < 4.78 is 0. The molecule has 3 aliphatic rings. The molecule has 3 saturated heterocycles. The molecule has 0 saturated carbocycles. The van der Waals surface area contributed by atoms with Crippen LogP contribution in [0, 0.1) is 5.92 Å². The number of benzene rings is 1. The third-order valence-electron chi connectivity index (χ3n) is 4.27. The Kier molecular flexibility index (Phi) is 3.12. The van der Waals surface area contributed by atoms with Gasteiger partial charge in [0.15, 0.2) is 0 Å². The Morgan fingerprint density at radius 3 is 2.35 bits per heavy atom. The molecule has 0 amide bonds. The number of hydrogen-bond acceptors (Lipinski definition) is 2. The Bertz CT molecular complexity index is 384. The highest BCUT2D eigenvalue weighted by Crippen LogP contribution is 2.37. The van der Waals surface area contributed by atoms with Gasteiger partial charge in [-0.05, 0) is 56.0 Å². The SMILES string of the molecule is O[C@H](c1ccc(Cl)cc1)[C@@H]1CC2CCN1CC2. The van der Waals surface area contributed by atoms with E-state index in [1.807, 2.05) is 24.3 Å². The molecule has 0 spiro atoms. The lowest BCUT2D eigenvalue weighted by molar-refractivity contribution is -0.0268. The molecule has 2 atom stereocenters. The molecule has 0 radical (unpaired) electrons. The van der Waals surface area contributed by atoms with E-state index in [0.29, 0.717) is 6.04 Å².